The molecule has 0 radical (unpaired) electrons. The minimum Gasteiger partial charge on any atom is -0.356 e. The molecule has 1 aromatic rings. The molecule has 0 aliphatic rings. The number of carbonyl (C=O) groups is 1. The summed E-state index contributed by atoms with van der Waals surface area (Å²) in [6.45, 7) is 2.73. The maximum absolute atomic E-state index is 12.9. The van der Waals surface area contributed by atoms with Crippen molar-refractivity contribution in [3.05, 3.63) is 109 Å². The van der Waals surface area contributed by atoms with E-state index < -0.39 is 0 Å². The number of rotatable bonds is 17. The molecule has 0 bridgehead atoms. The van der Waals surface area contributed by atoms with Crippen LogP contribution in [-0.4, -0.2) is 12.5 Å². The fourth-order valence-corrected chi connectivity index (χ4v) is 2.94. The predicted octanol–water partition coefficient (Wildman–Crippen LogP) is 7.96. The van der Waals surface area contributed by atoms with Crippen molar-refractivity contribution >= 4 is 5.91 Å². The Kier molecular flexibility index (Phi) is 17.8. The molecule has 1 amide bonds. The van der Waals surface area contributed by atoms with Crippen molar-refractivity contribution in [2.75, 3.05) is 6.54 Å². The lowest BCUT2D eigenvalue weighted by Crippen LogP contribution is -2.25. The first-order valence-electron chi connectivity index (χ1n) is 12.1. The van der Waals surface area contributed by atoms with Gasteiger partial charge in [0.1, 0.15) is 5.82 Å². The molecule has 0 aliphatic heterocycles. The minimum atomic E-state index is -0.237. The molecule has 0 fully saturated rings. The summed E-state index contributed by atoms with van der Waals surface area (Å²) in [5, 5.41) is 2.91. The Morgan fingerprint density at radius 1 is 0.727 bits per heavy atom. The second-order valence-corrected chi connectivity index (χ2v) is 7.68. The van der Waals surface area contributed by atoms with E-state index in [1.165, 1.54) is 12.1 Å². The smallest absolute Gasteiger partial charge is 0.220 e. The molecule has 0 atom stereocenters. The number of allylic oxidation sites excluding steroid dienone is 12. The largest absolute Gasteiger partial charge is 0.356 e. The number of halogens is 1. The van der Waals surface area contributed by atoms with Crippen molar-refractivity contribution in [2.24, 2.45) is 0 Å². The Balaban J connectivity index is 1.97. The van der Waals surface area contributed by atoms with Crippen LogP contribution >= 0.6 is 0 Å². The Hall–Kier alpha value is -2.94. The number of benzene rings is 1. The van der Waals surface area contributed by atoms with Gasteiger partial charge in [0.25, 0.3) is 0 Å². The SMILES string of the molecule is CC/C=C\C/C=C\C/C=C\C/C=C\C/C=C\C/C=C\CCC(=O)NCCc1ccc(F)cc1. The third kappa shape index (κ3) is 18.3. The molecule has 0 aromatic heterocycles. The number of nitrogens with one attached hydrogen (secondary N) is 1. The van der Waals surface area contributed by atoms with Crippen molar-refractivity contribution in [2.45, 2.75) is 64.7 Å². The van der Waals surface area contributed by atoms with Crippen molar-refractivity contribution in [3.8, 4) is 0 Å². The van der Waals surface area contributed by atoms with E-state index in [0.29, 0.717) is 19.4 Å². The summed E-state index contributed by atoms with van der Waals surface area (Å²) >= 11 is 0. The summed E-state index contributed by atoms with van der Waals surface area (Å²) in [5.74, 6) is -0.184. The predicted molar refractivity (Wildman–Crippen MR) is 141 cm³/mol. The quantitative estimate of drug-likeness (QED) is 0.240. The van der Waals surface area contributed by atoms with Crippen LogP contribution in [0.4, 0.5) is 4.39 Å². The van der Waals surface area contributed by atoms with Crippen molar-refractivity contribution in [1.82, 2.24) is 5.32 Å². The average molecular weight is 450 g/mol. The molecule has 0 saturated heterocycles. The van der Waals surface area contributed by atoms with Gasteiger partial charge in [0.2, 0.25) is 5.91 Å². The van der Waals surface area contributed by atoms with Crippen LogP contribution in [0.5, 0.6) is 0 Å². The van der Waals surface area contributed by atoms with E-state index in [4.69, 9.17) is 0 Å². The molecule has 2 nitrogen and oxygen atoms in total. The van der Waals surface area contributed by atoms with E-state index in [9.17, 15) is 9.18 Å². The third-order valence-corrected chi connectivity index (χ3v) is 4.78. The van der Waals surface area contributed by atoms with Crippen LogP contribution in [0.25, 0.3) is 0 Å². The number of hydrogen-bond donors (Lipinski definition) is 1. The maximum atomic E-state index is 12.9. The maximum Gasteiger partial charge on any atom is 0.220 e. The number of hydrogen-bond acceptors (Lipinski definition) is 1. The molecule has 1 aromatic carbocycles. The van der Waals surface area contributed by atoms with Crippen molar-refractivity contribution < 1.29 is 9.18 Å². The van der Waals surface area contributed by atoms with Crippen molar-refractivity contribution in [3.63, 3.8) is 0 Å². The Labute approximate surface area is 200 Å². The highest BCUT2D eigenvalue weighted by Crippen LogP contribution is 2.03. The first kappa shape index (κ1) is 28.1. The third-order valence-electron chi connectivity index (χ3n) is 4.78. The lowest BCUT2D eigenvalue weighted by molar-refractivity contribution is -0.120. The van der Waals surface area contributed by atoms with Gasteiger partial charge in [-0.2, -0.15) is 0 Å². The zero-order chi connectivity index (χ0) is 23.8. The highest BCUT2D eigenvalue weighted by atomic mass is 19.1. The summed E-state index contributed by atoms with van der Waals surface area (Å²) in [5.41, 5.74) is 1.02. The molecule has 3 heteroatoms. The van der Waals surface area contributed by atoms with Gasteiger partial charge < -0.3 is 5.32 Å². The van der Waals surface area contributed by atoms with Crippen LogP contribution in [0, 0.1) is 5.82 Å². The summed E-state index contributed by atoms with van der Waals surface area (Å²) in [6.07, 6.45) is 34.0. The van der Waals surface area contributed by atoms with Crippen LogP contribution in [0.1, 0.15) is 63.9 Å². The summed E-state index contributed by atoms with van der Waals surface area (Å²) in [4.78, 5) is 11.8. The molecular formula is C30H40FNO. The first-order valence-corrected chi connectivity index (χ1v) is 12.1. The second kappa shape index (κ2) is 20.9. The average Bonchev–Trinajstić information content (AvgIpc) is 2.82. The monoisotopic (exact) mass is 449 g/mol. The molecule has 0 aliphatic carbocycles. The van der Waals surface area contributed by atoms with Gasteiger partial charge in [-0.1, -0.05) is 92.0 Å². The van der Waals surface area contributed by atoms with Crippen LogP contribution in [-0.2, 0) is 11.2 Å². The molecule has 0 unspecified atom stereocenters. The van der Waals surface area contributed by atoms with Crippen LogP contribution in [0.2, 0.25) is 0 Å². The molecule has 0 heterocycles. The molecule has 1 N–H and O–H groups in total. The normalized spacial score (nSPS) is 12.5. The van der Waals surface area contributed by atoms with Gasteiger partial charge in [0.05, 0.1) is 0 Å². The second-order valence-electron chi connectivity index (χ2n) is 7.68. The van der Waals surface area contributed by atoms with Gasteiger partial charge in [-0.15, -0.1) is 0 Å². The summed E-state index contributed by atoms with van der Waals surface area (Å²) < 4.78 is 12.9. The molecule has 0 saturated carbocycles. The summed E-state index contributed by atoms with van der Waals surface area (Å²) in [7, 11) is 0. The first-order chi connectivity index (χ1) is 16.2. The van der Waals surface area contributed by atoms with E-state index in [2.05, 4.69) is 85.2 Å². The topological polar surface area (TPSA) is 29.1 Å². The van der Waals surface area contributed by atoms with Gasteiger partial charge in [-0.3, -0.25) is 4.79 Å². The lowest BCUT2D eigenvalue weighted by Gasteiger charge is -2.04. The summed E-state index contributed by atoms with van der Waals surface area (Å²) in [6, 6.07) is 6.38. The Morgan fingerprint density at radius 2 is 1.18 bits per heavy atom. The van der Waals surface area contributed by atoms with Crippen LogP contribution in [0.3, 0.4) is 0 Å². The van der Waals surface area contributed by atoms with Gasteiger partial charge in [0, 0.05) is 13.0 Å². The fraction of sp³-hybridized carbons (Fsp3) is 0.367. The van der Waals surface area contributed by atoms with Gasteiger partial charge in [0.15, 0.2) is 0 Å². The highest BCUT2D eigenvalue weighted by Gasteiger charge is 1.99. The van der Waals surface area contributed by atoms with Gasteiger partial charge in [-0.25, -0.2) is 4.39 Å². The van der Waals surface area contributed by atoms with E-state index in [0.717, 1.165) is 50.5 Å². The zero-order valence-electron chi connectivity index (χ0n) is 20.1. The standard InChI is InChI=1S/C30H40FNO/c1-2-3-4-5-6-7-8-9-10-11-12-13-14-15-16-17-18-19-20-21-30(33)32-27-26-28-22-24-29(31)25-23-28/h3-4,6-7,9-10,12-13,15-16,18-19,22-25H,2,5,8,11,14,17,20-21,26-27H2,1H3,(H,32,33)/b4-3-,7-6-,10-9-,13-12-,16-15-,19-18-. The molecule has 1 rings (SSSR count). The van der Waals surface area contributed by atoms with Gasteiger partial charge in [-0.05, 0) is 69.1 Å². The molecule has 33 heavy (non-hydrogen) atoms. The van der Waals surface area contributed by atoms with Crippen LogP contribution in [0.15, 0.2) is 97.2 Å². The van der Waals surface area contributed by atoms with Gasteiger partial charge >= 0.3 is 0 Å². The van der Waals surface area contributed by atoms with E-state index in [1.54, 1.807) is 12.1 Å². The molecule has 0 spiro atoms. The fourth-order valence-electron chi connectivity index (χ4n) is 2.94. The van der Waals surface area contributed by atoms with E-state index >= 15 is 0 Å². The number of carbonyl (C=O) groups excluding carboxylic acids is 1. The number of amides is 1. The van der Waals surface area contributed by atoms with E-state index in [-0.39, 0.29) is 11.7 Å². The Bertz CT molecular complexity index is 797. The molecule has 178 valence electrons. The lowest BCUT2D eigenvalue weighted by atomic mass is 10.1. The zero-order valence-corrected chi connectivity index (χ0v) is 20.1. The molecular weight excluding hydrogens is 409 g/mol. The minimum absolute atomic E-state index is 0.0524. The van der Waals surface area contributed by atoms with E-state index in [1.807, 2.05) is 0 Å². The Morgan fingerprint density at radius 3 is 1.67 bits per heavy atom. The van der Waals surface area contributed by atoms with Crippen molar-refractivity contribution in [1.29, 1.82) is 0 Å². The van der Waals surface area contributed by atoms with Crippen LogP contribution < -0.4 is 5.32 Å². The highest BCUT2D eigenvalue weighted by molar-refractivity contribution is 5.75.